The van der Waals surface area contributed by atoms with E-state index < -0.39 is 25.6 Å². The van der Waals surface area contributed by atoms with E-state index in [1.54, 1.807) is 0 Å². The van der Waals surface area contributed by atoms with Gasteiger partial charge in [-0.1, -0.05) is 0 Å². The molecule has 2 aliphatic carbocycles. The molecule has 0 amide bonds. The molecule has 0 spiro atoms. The van der Waals surface area contributed by atoms with Gasteiger partial charge < -0.3 is 0 Å². The first kappa shape index (κ1) is 36.1. The van der Waals surface area contributed by atoms with E-state index in [4.69, 9.17) is 9.05 Å². The van der Waals surface area contributed by atoms with Crippen LogP contribution in [0.25, 0.3) is 0 Å². The van der Waals surface area contributed by atoms with Gasteiger partial charge in [0, 0.05) is 0 Å². The third-order valence-electron chi connectivity index (χ3n) is 12.4. The summed E-state index contributed by atoms with van der Waals surface area (Å²) < 4.78 is 14.9. The Labute approximate surface area is 319 Å². The molecule has 0 radical (unpaired) electrons. The molecule has 0 aliphatic heterocycles. The Balaban J connectivity index is 1.40. The van der Waals surface area contributed by atoms with Crippen molar-refractivity contribution in [3.63, 3.8) is 0 Å². The summed E-state index contributed by atoms with van der Waals surface area (Å²) >= 11 is 0. The van der Waals surface area contributed by atoms with Crippen LogP contribution in [0.2, 0.25) is 0 Å². The van der Waals surface area contributed by atoms with Crippen LogP contribution >= 0.6 is 13.7 Å². The van der Waals surface area contributed by atoms with Crippen LogP contribution in [0.5, 0.6) is 0 Å². The normalized spacial score (nSPS) is 16.7. The molecule has 274 valence electrons. The van der Waals surface area contributed by atoms with Gasteiger partial charge in [-0.05, 0) is 0 Å². The van der Waals surface area contributed by atoms with Gasteiger partial charge in [0.2, 0.25) is 0 Å². The van der Waals surface area contributed by atoms with E-state index in [1.807, 2.05) is 109 Å². The van der Waals surface area contributed by atoms with Gasteiger partial charge in [-0.25, -0.2) is 0 Å². The topological polar surface area (TPSA) is 52.6 Å². The Morgan fingerprint density at radius 1 is 0.333 bits per heavy atom. The fourth-order valence-electron chi connectivity index (χ4n) is 10.2. The molecule has 0 N–H and O–H groups in total. The van der Waals surface area contributed by atoms with Crippen LogP contribution in [0.15, 0.2) is 182 Å². The summed E-state index contributed by atoms with van der Waals surface area (Å²) in [5, 5.41) is 5.65. The molecule has 0 bridgehead atoms. The second-order valence-corrected chi connectivity index (χ2v) is 24.2. The van der Waals surface area contributed by atoms with E-state index in [0.717, 1.165) is 83.2 Å². The Morgan fingerprint density at radius 3 is 0.704 bits per heavy atom. The summed E-state index contributed by atoms with van der Waals surface area (Å²) in [7, 11) is 0. The summed E-state index contributed by atoms with van der Waals surface area (Å²) in [6.45, 7) is -8.43. The molecule has 4 nitrogen and oxygen atoms in total. The first-order chi connectivity index (χ1) is 26.5. The van der Waals surface area contributed by atoms with Crippen molar-refractivity contribution in [2.24, 2.45) is 0 Å². The molecule has 6 heteroatoms. The van der Waals surface area contributed by atoms with Crippen molar-refractivity contribution in [1.29, 1.82) is 0 Å². The predicted octanol–water partition coefficient (Wildman–Crippen LogP) is 8.85. The molecule has 2 saturated carbocycles. The number of hydrogen-bond acceptors (Lipinski definition) is 4. The zero-order valence-corrected chi connectivity index (χ0v) is 32.4. The summed E-state index contributed by atoms with van der Waals surface area (Å²) in [6.07, 6.45) is 7.57. The van der Waals surface area contributed by atoms with Crippen LogP contribution in [0.3, 0.4) is 0 Å². The summed E-state index contributed by atoms with van der Waals surface area (Å²) in [5.74, 6) is -1.88. The molecule has 0 heterocycles. The first-order valence-corrected chi connectivity index (χ1v) is 23.8. The van der Waals surface area contributed by atoms with Gasteiger partial charge in [0.25, 0.3) is 0 Å². The van der Waals surface area contributed by atoms with E-state index in [1.165, 1.54) is 0 Å². The third kappa shape index (κ3) is 5.33. The van der Waals surface area contributed by atoms with Crippen LogP contribution < -0.4 is 31.8 Å². The third-order valence-corrected chi connectivity index (χ3v) is 25.2. The van der Waals surface area contributed by atoms with Crippen molar-refractivity contribution < 1.29 is 18.6 Å². The van der Waals surface area contributed by atoms with Crippen LogP contribution in [-0.4, -0.2) is 23.3 Å². The number of carbonyl (C=O) groups excluding carboxylic acids is 2. The maximum absolute atomic E-state index is 15.5. The first-order valence-electron chi connectivity index (χ1n) is 19.4. The van der Waals surface area contributed by atoms with E-state index in [2.05, 4.69) is 72.8 Å². The molecule has 0 atom stereocenters. The fraction of sp³-hybridized carbons (Fsp3) is 0.208. The standard InChI is InChI=1S/C48H48O4P2/c49-47(51-53(45-35-19-20-36-45,39-23-7-1-8-24-39,40-25-9-2-10-26-40)41-27-11-3-12-28-41)48(50)52-54(46-37-21-22-38-46,42-29-13-4-14-30-42,43-31-15-5-16-32-43)44-33-17-6-18-34-44/h1-18,23-34,45-46H,19-22,35-38H2. The number of rotatable bonds is 10. The second kappa shape index (κ2) is 14.7. The fourth-order valence-corrected chi connectivity index (χ4v) is 23.6. The Kier molecular flexibility index (Phi) is 9.86. The van der Waals surface area contributed by atoms with Crippen molar-refractivity contribution in [2.75, 3.05) is 0 Å². The van der Waals surface area contributed by atoms with Gasteiger partial charge in [-0.2, -0.15) is 0 Å². The van der Waals surface area contributed by atoms with Gasteiger partial charge in [0.1, 0.15) is 0 Å². The zero-order chi connectivity index (χ0) is 37.0. The van der Waals surface area contributed by atoms with Crippen molar-refractivity contribution in [2.45, 2.75) is 62.7 Å². The minimum atomic E-state index is -4.22. The van der Waals surface area contributed by atoms with Crippen LogP contribution in [0.1, 0.15) is 51.4 Å². The van der Waals surface area contributed by atoms with Gasteiger partial charge in [-0.15, -0.1) is 0 Å². The molecule has 2 aliphatic rings. The second-order valence-electron chi connectivity index (χ2n) is 14.9. The van der Waals surface area contributed by atoms with Crippen molar-refractivity contribution in [1.82, 2.24) is 0 Å². The van der Waals surface area contributed by atoms with Gasteiger partial charge in [0.15, 0.2) is 0 Å². The monoisotopic (exact) mass is 750 g/mol. The van der Waals surface area contributed by atoms with Crippen molar-refractivity contribution in [3.8, 4) is 0 Å². The number of hydrogen-bond donors (Lipinski definition) is 0. The van der Waals surface area contributed by atoms with Gasteiger partial charge >= 0.3 is 321 Å². The molecule has 0 saturated heterocycles. The van der Waals surface area contributed by atoms with E-state index in [9.17, 15) is 0 Å². The molecule has 0 aromatic heterocycles. The molecular weight excluding hydrogens is 702 g/mol. The number of carbonyl (C=O) groups is 2. The summed E-state index contributed by atoms with van der Waals surface area (Å²) in [5.41, 5.74) is -0.0511. The molecule has 6 aromatic carbocycles. The van der Waals surface area contributed by atoms with Crippen LogP contribution in [-0.2, 0) is 18.6 Å². The SMILES string of the molecule is O=C(OP(c1ccccc1)(c1ccccc1)(c1ccccc1)C1CCCC1)C(=O)OP(c1ccccc1)(c1ccccc1)(c1ccccc1)C1CCCC1. The molecular formula is C48H48O4P2. The van der Waals surface area contributed by atoms with Gasteiger partial charge in [0.05, 0.1) is 0 Å². The molecule has 54 heavy (non-hydrogen) atoms. The van der Waals surface area contributed by atoms with E-state index >= 15 is 9.59 Å². The van der Waals surface area contributed by atoms with Crippen LogP contribution in [0.4, 0.5) is 0 Å². The minimum absolute atomic E-state index is 0.0256. The summed E-state index contributed by atoms with van der Waals surface area (Å²) in [6, 6.07) is 61.5. The quantitative estimate of drug-likeness (QED) is 0.104. The van der Waals surface area contributed by atoms with E-state index in [0.29, 0.717) is 0 Å². The average molecular weight is 751 g/mol. The predicted molar refractivity (Wildman–Crippen MR) is 227 cm³/mol. The maximum atomic E-state index is 15.5. The average Bonchev–Trinajstić information content (AvgIpc) is 4.01. The molecule has 2 fully saturated rings. The van der Waals surface area contributed by atoms with Crippen LogP contribution in [0, 0.1) is 0 Å². The van der Waals surface area contributed by atoms with E-state index in [-0.39, 0.29) is 11.3 Å². The zero-order valence-electron chi connectivity index (χ0n) is 30.7. The Hall–Kier alpha value is -4.88. The summed E-state index contributed by atoms with van der Waals surface area (Å²) in [4.78, 5) is 31.1. The number of benzene rings is 6. The van der Waals surface area contributed by atoms with Crippen molar-refractivity contribution in [3.05, 3.63) is 182 Å². The Morgan fingerprint density at radius 2 is 0.519 bits per heavy atom. The van der Waals surface area contributed by atoms with Crippen molar-refractivity contribution >= 4 is 57.4 Å². The molecule has 6 aromatic rings. The Bertz CT molecular complexity index is 1830. The van der Waals surface area contributed by atoms with Gasteiger partial charge in [-0.3, -0.25) is 0 Å². The molecule has 8 rings (SSSR count). The molecule has 0 unspecified atom stereocenters.